The van der Waals surface area contributed by atoms with Crippen molar-refractivity contribution in [2.75, 3.05) is 0 Å². The van der Waals surface area contributed by atoms with E-state index in [1.54, 1.807) is 12.1 Å². The molecule has 0 aliphatic rings. The van der Waals surface area contributed by atoms with E-state index in [1.807, 2.05) is 30.3 Å². The van der Waals surface area contributed by atoms with Gasteiger partial charge in [-0.1, -0.05) is 51.0 Å². The van der Waals surface area contributed by atoms with Crippen molar-refractivity contribution in [1.82, 2.24) is 0 Å². The first kappa shape index (κ1) is 15.8. The Morgan fingerprint density at radius 1 is 0.833 bits per heavy atom. The van der Waals surface area contributed by atoms with E-state index in [2.05, 4.69) is 0 Å². The molecule has 2 aromatic rings. The average molecular weight is 290 g/mol. The molecule has 0 aliphatic carbocycles. The molecule has 0 bridgehead atoms. The van der Waals surface area contributed by atoms with Crippen LogP contribution in [-0.2, 0) is 10.1 Å². The molecular weight excluding hydrogens is 278 g/mol. The Bertz CT molecular complexity index is 597. The molecule has 0 saturated heterocycles. The normalized spacial score (nSPS) is 11.4. The summed E-state index contributed by atoms with van der Waals surface area (Å²) in [6.45, 7) is 0. The molecule has 90 valence electrons. The molecule has 0 heterocycles. The molecule has 2 rings (SSSR count). The first-order valence-electron chi connectivity index (χ1n) is 4.95. The SMILES string of the molecule is O=S(=O)(O)c1ccc(Pc2ccccc2)cc1.[NaH]. The van der Waals surface area contributed by atoms with Crippen molar-refractivity contribution >= 4 is 58.9 Å². The van der Waals surface area contributed by atoms with Gasteiger partial charge in [-0.15, -0.1) is 0 Å². The first-order chi connectivity index (χ1) is 8.05. The zero-order valence-electron chi connectivity index (χ0n) is 8.87. The van der Waals surface area contributed by atoms with Gasteiger partial charge in [0, 0.05) is 0 Å². The summed E-state index contributed by atoms with van der Waals surface area (Å²) >= 11 is 0. The van der Waals surface area contributed by atoms with Crippen LogP contribution in [0.1, 0.15) is 0 Å². The van der Waals surface area contributed by atoms with Crippen LogP contribution < -0.4 is 10.6 Å². The van der Waals surface area contributed by atoms with Gasteiger partial charge in [0.1, 0.15) is 0 Å². The van der Waals surface area contributed by atoms with Gasteiger partial charge in [-0.3, -0.25) is 4.55 Å². The monoisotopic (exact) mass is 290 g/mol. The fraction of sp³-hybridized carbons (Fsp3) is 0. The Kier molecular flexibility index (Phi) is 5.99. The Morgan fingerprint density at radius 3 is 1.83 bits per heavy atom. The number of rotatable bonds is 3. The summed E-state index contributed by atoms with van der Waals surface area (Å²) < 4.78 is 30.6. The Balaban J connectivity index is 0.00000162. The van der Waals surface area contributed by atoms with Crippen LogP contribution in [0.3, 0.4) is 0 Å². The van der Waals surface area contributed by atoms with Crippen molar-refractivity contribution < 1.29 is 13.0 Å². The fourth-order valence-electron chi connectivity index (χ4n) is 1.40. The number of hydrogen-bond donors (Lipinski definition) is 1. The van der Waals surface area contributed by atoms with Crippen LogP contribution in [0, 0.1) is 0 Å². The van der Waals surface area contributed by atoms with E-state index in [-0.39, 0.29) is 34.5 Å². The van der Waals surface area contributed by atoms with Crippen LogP contribution in [0.2, 0.25) is 0 Å². The quantitative estimate of drug-likeness (QED) is 0.519. The van der Waals surface area contributed by atoms with Crippen LogP contribution in [-0.4, -0.2) is 42.5 Å². The summed E-state index contributed by atoms with van der Waals surface area (Å²) in [5.41, 5.74) is 0. The molecule has 0 radical (unpaired) electrons. The fourth-order valence-corrected chi connectivity index (χ4v) is 2.90. The third-order valence-corrected chi connectivity index (χ3v) is 4.33. The third-order valence-electron chi connectivity index (χ3n) is 2.21. The van der Waals surface area contributed by atoms with Crippen molar-refractivity contribution in [3.05, 3.63) is 54.6 Å². The van der Waals surface area contributed by atoms with Crippen molar-refractivity contribution in [3.63, 3.8) is 0 Å². The van der Waals surface area contributed by atoms with E-state index < -0.39 is 10.1 Å². The van der Waals surface area contributed by atoms with Crippen molar-refractivity contribution in [2.45, 2.75) is 4.90 Å². The van der Waals surface area contributed by atoms with Gasteiger partial charge in [-0.25, -0.2) is 0 Å². The molecule has 1 unspecified atom stereocenters. The van der Waals surface area contributed by atoms with Crippen molar-refractivity contribution in [1.29, 1.82) is 0 Å². The summed E-state index contributed by atoms with van der Waals surface area (Å²) in [6.07, 6.45) is 0. The van der Waals surface area contributed by atoms with Crippen LogP contribution >= 0.6 is 8.58 Å². The second-order valence-corrected chi connectivity index (χ2v) is 6.32. The Labute approximate surface area is 130 Å². The van der Waals surface area contributed by atoms with Gasteiger partial charge in [0.2, 0.25) is 0 Å². The van der Waals surface area contributed by atoms with Crippen molar-refractivity contribution in [2.24, 2.45) is 0 Å². The van der Waals surface area contributed by atoms with Crippen LogP contribution in [0.15, 0.2) is 59.5 Å². The zero-order chi connectivity index (χ0) is 12.3. The first-order valence-corrected chi connectivity index (χ1v) is 7.39. The van der Waals surface area contributed by atoms with E-state index in [0.29, 0.717) is 8.58 Å². The second-order valence-electron chi connectivity index (χ2n) is 3.49. The average Bonchev–Trinajstić information content (AvgIpc) is 2.30. The zero-order valence-corrected chi connectivity index (χ0v) is 10.7. The molecule has 0 saturated carbocycles. The number of hydrogen-bond acceptors (Lipinski definition) is 2. The van der Waals surface area contributed by atoms with E-state index in [0.717, 1.165) is 5.30 Å². The predicted octanol–water partition coefficient (Wildman–Crippen LogP) is 0.914. The van der Waals surface area contributed by atoms with E-state index in [9.17, 15) is 8.42 Å². The molecule has 0 spiro atoms. The predicted molar refractivity (Wildman–Crippen MR) is 77.4 cm³/mol. The minimum atomic E-state index is -4.09. The molecule has 2 aromatic carbocycles. The standard InChI is InChI=1S/C12H11O3PS.Na.H/c13-17(14,15)12-8-6-11(7-9-12)16-10-4-2-1-3-5-10;;/h1-9,16H,(H,13,14,15);;. The molecule has 0 aromatic heterocycles. The number of benzene rings is 2. The summed E-state index contributed by atoms with van der Waals surface area (Å²) in [4.78, 5) is -0.0703. The minimum absolute atomic E-state index is 0. The molecule has 0 aliphatic heterocycles. The van der Waals surface area contributed by atoms with Gasteiger partial charge >= 0.3 is 29.6 Å². The molecule has 0 fully saturated rings. The summed E-state index contributed by atoms with van der Waals surface area (Å²) in [5, 5.41) is 2.22. The van der Waals surface area contributed by atoms with Crippen LogP contribution in [0.25, 0.3) is 0 Å². The molecule has 6 heteroatoms. The maximum absolute atomic E-state index is 10.9. The van der Waals surface area contributed by atoms with Gasteiger partial charge in [-0.2, -0.15) is 8.42 Å². The Hall–Kier alpha value is -0.220. The molecule has 1 atom stereocenters. The van der Waals surface area contributed by atoms with E-state index in [4.69, 9.17) is 4.55 Å². The summed E-state index contributed by atoms with van der Waals surface area (Å²) in [6, 6.07) is 16.2. The van der Waals surface area contributed by atoms with Gasteiger partial charge < -0.3 is 0 Å². The van der Waals surface area contributed by atoms with Crippen molar-refractivity contribution in [3.8, 4) is 0 Å². The maximum atomic E-state index is 10.9. The third kappa shape index (κ3) is 4.47. The molecule has 0 amide bonds. The van der Waals surface area contributed by atoms with Gasteiger partial charge in [-0.05, 0) is 22.7 Å². The van der Waals surface area contributed by atoms with Crippen LogP contribution in [0.5, 0.6) is 0 Å². The van der Waals surface area contributed by atoms with E-state index >= 15 is 0 Å². The Morgan fingerprint density at radius 2 is 1.33 bits per heavy atom. The van der Waals surface area contributed by atoms with E-state index in [1.165, 1.54) is 17.4 Å². The van der Waals surface area contributed by atoms with Gasteiger partial charge in [0.05, 0.1) is 4.90 Å². The van der Waals surface area contributed by atoms with Crippen LogP contribution in [0.4, 0.5) is 0 Å². The molecular formula is C12H12NaO3PS. The summed E-state index contributed by atoms with van der Waals surface area (Å²) in [7, 11) is -3.61. The second kappa shape index (κ2) is 6.80. The van der Waals surface area contributed by atoms with Gasteiger partial charge in [0.15, 0.2) is 0 Å². The topological polar surface area (TPSA) is 54.4 Å². The molecule has 3 nitrogen and oxygen atoms in total. The van der Waals surface area contributed by atoms with Gasteiger partial charge in [0.25, 0.3) is 10.1 Å². The summed E-state index contributed by atoms with van der Waals surface area (Å²) in [5.74, 6) is 0. The molecule has 18 heavy (non-hydrogen) atoms. The molecule has 1 N–H and O–H groups in total.